The maximum absolute atomic E-state index is 13.5. The summed E-state index contributed by atoms with van der Waals surface area (Å²) in [6, 6.07) is 6.16. The lowest BCUT2D eigenvalue weighted by atomic mass is 10.2. The van der Waals surface area contributed by atoms with Crippen LogP contribution in [-0.2, 0) is 0 Å². The first kappa shape index (κ1) is 16.6. The Hall–Kier alpha value is -2.28. The standard InChI is InChI=1S/C17H22FN5O/c1-11(2)16-20-15(17(24)22-8-4-7-14(22)10-19)21-23(16)13-6-3-5-12(18)9-13/h3,5-6,9,11,14H,4,7-8,10,19H2,1-2H3. The molecule has 1 aromatic carbocycles. The molecule has 6 nitrogen and oxygen atoms in total. The van der Waals surface area contributed by atoms with Crippen molar-refractivity contribution in [2.75, 3.05) is 13.1 Å². The monoisotopic (exact) mass is 331 g/mol. The molecule has 24 heavy (non-hydrogen) atoms. The summed E-state index contributed by atoms with van der Waals surface area (Å²) in [5, 5.41) is 4.36. The number of carbonyl (C=O) groups is 1. The lowest BCUT2D eigenvalue weighted by Crippen LogP contribution is -2.40. The first-order valence-corrected chi connectivity index (χ1v) is 8.25. The molecular formula is C17H22FN5O. The van der Waals surface area contributed by atoms with Crippen LogP contribution in [-0.4, -0.2) is 44.7 Å². The summed E-state index contributed by atoms with van der Waals surface area (Å²) >= 11 is 0. The van der Waals surface area contributed by atoms with Crippen molar-refractivity contribution in [3.63, 3.8) is 0 Å². The third-order valence-corrected chi connectivity index (χ3v) is 4.30. The van der Waals surface area contributed by atoms with E-state index in [0.29, 0.717) is 24.6 Å². The first-order valence-electron chi connectivity index (χ1n) is 8.25. The van der Waals surface area contributed by atoms with E-state index in [2.05, 4.69) is 10.1 Å². The Morgan fingerprint density at radius 1 is 1.46 bits per heavy atom. The highest BCUT2D eigenvalue weighted by molar-refractivity contribution is 5.91. The van der Waals surface area contributed by atoms with Crippen molar-refractivity contribution >= 4 is 5.91 Å². The van der Waals surface area contributed by atoms with Crippen LogP contribution in [0.25, 0.3) is 5.69 Å². The SMILES string of the molecule is CC(C)c1nc(C(=O)N2CCCC2CN)nn1-c1cccc(F)c1. The van der Waals surface area contributed by atoms with Crippen molar-refractivity contribution in [2.45, 2.75) is 38.6 Å². The Bertz CT molecular complexity index is 742. The molecule has 7 heteroatoms. The molecule has 0 bridgehead atoms. The van der Waals surface area contributed by atoms with E-state index in [1.165, 1.54) is 12.1 Å². The summed E-state index contributed by atoms with van der Waals surface area (Å²) in [6.45, 7) is 5.04. The van der Waals surface area contributed by atoms with E-state index in [9.17, 15) is 9.18 Å². The van der Waals surface area contributed by atoms with Crippen molar-refractivity contribution in [3.8, 4) is 5.69 Å². The van der Waals surface area contributed by atoms with Crippen LogP contribution < -0.4 is 5.73 Å². The molecule has 0 aliphatic carbocycles. The van der Waals surface area contributed by atoms with Crippen LogP contribution >= 0.6 is 0 Å². The van der Waals surface area contributed by atoms with Gasteiger partial charge in [-0.2, -0.15) is 0 Å². The number of likely N-dealkylation sites (tertiary alicyclic amines) is 1. The summed E-state index contributed by atoms with van der Waals surface area (Å²) in [6.07, 6.45) is 1.85. The van der Waals surface area contributed by atoms with E-state index in [-0.39, 0.29) is 29.5 Å². The second-order valence-corrected chi connectivity index (χ2v) is 6.37. The summed E-state index contributed by atoms with van der Waals surface area (Å²) in [5.41, 5.74) is 6.31. The summed E-state index contributed by atoms with van der Waals surface area (Å²) in [5.74, 6) is 0.260. The Balaban J connectivity index is 1.98. The number of nitrogens with zero attached hydrogens (tertiary/aromatic N) is 4. The van der Waals surface area contributed by atoms with Gasteiger partial charge in [-0.25, -0.2) is 14.1 Å². The zero-order chi connectivity index (χ0) is 17.3. The van der Waals surface area contributed by atoms with Gasteiger partial charge in [-0.1, -0.05) is 19.9 Å². The molecule has 1 aromatic heterocycles. The molecule has 1 aliphatic rings. The molecule has 1 amide bonds. The molecule has 1 aliphatic heterocycles. The van der Waals surface area contributed by atoms with Gasteiger partial charge in [0.1, 0.15) is 11.6 Å². The predicted octanol–water partition coefficient (Wildman–Crippen LogP) is 2.09. The molecule has 128 valence electrons. The van der Waals surface area contributed by atoms with Gasteiger partial charge in [0, 0.05) is 25.0 Å². The van der Waals surface area contributed by atoms with Crippen LogP contribution in [0, 0.1) is 5.82 Å². The van der Waals surface area contributed by atoms with Gasteiger partial charge in [-0.3, -0.25) is 4.79 Å². The number of carbonyl (C=O) groups excluding carboxylic acids is 1. The molecule has 2 aromatic rings. The fourth-order valence-corrected chi connectivity index (χ4v) is 3.06. The minimum Gasteiger partial charge on any atom is -0.332 e. The molecule has 1 atom stereocenters. The largest absolute Gasteiger partial charge is 0.332 e. The molecule has 0 spiro atoms. The van der Waals surface area contributed by atoms with Crippen molar-refractivity contribution in [1.82, 2.24) is 19.7 Å². The Morgan fingerprint density at radius 3 is 2.92 bits per heavy atom. The van der Waals surface area contributed by atoms with Crippen LogP contribution in [0.15, 0.2) is 24.3 Å². The minimum absolute atomic E-state index is 0.0427. The first-order chi connectivity index (χ1) is 11.5. The number of aromatic nitrogens is 3. The highest BCUT2D eigenvalue weighted by Gasteiger charge is 2.31. The fourth-order valence-electron chi connectivity index (χ4n) is 3.06. The maximum Gasteiger partial charge on any atom is 0.293 e. The molecule has 2 N–H and O–H groups in total. The summed E-state index contributed by atoms with van der Waals surface area (Å²) in [7, 11) is 0. The molecule has 3 rings (SSSR count). The number of benzene rings is 1. The van der Waals surface area contributed by atoms with Crippen LogP contribution in [0.3, 0.4) is 0 Å². The van der Waals surface area contributed by atoms with Crippen LogP contribution in [0.4, 0.5) is 4.39 Å². The van der Waals surface area contributed by atoms with Gasteiger partial charge in [0.25, 0.3) is 5.91 Å². The normalized spacial score (nSPS) is 17.7. The van der Waals surface area contributed by atoms with Crippen LogP contribution in [0.2, 0.25) is 0 Å². The number of nitrogens with two attached hydrogens (primary N) is 1. The van der Waals surface area contributed by atoms with Gasteiger partial charge in [-0.05, 0) is 31.0 Å². The lowest BCUT2D eigenvalue weighted by molar-refractivity contribution is 0.0729. The average Bonchev–Trinajstić information content (AvgIpc) is 3.21. The van der Waals surface area contributed by atoms with Gasteiger partial charge in [0.15, 0.2) is 0 Å². The van der Waals surface area contributed by atoms with Crippen molar-refractivity contribution < 1.29 is 9.18 Å². The van der Waals surface area contributed by atoms with E-state index in [1.54, 1.807) is 21.7 Å². The van der Waals surface area contributed by atoms with Crippen LogP contribution in [0.5, 0.6) is 0 Å². The lowest BCUT2D eigenvalue weighted by Gasteiger charge is -2.21. The van der Waals surface area contributed by atoms with E-state index >= 15 is 0 Å². The number of hydrogen-bond acceptors (Lipinski definition) is 4. The van der Waals surface area contributed by atoms with Gasteiger partial charge in [0.2, 0.25) is 5.82 Å². The van der Waals surface area contributed by atoms with Gasteiger partial charge >= 0.3 is 0 Å². The number of rotatable bonds is 4. The topological polar surface area (TPSA) is 77.0 Å². The average molecular weight is 331 g/mol. The van der Waals surface area contributed by atoms with Crippen molar-refractivity contribution in [2.24, 2.45) is 5.73 Å². The van der Waals surface area contributed by atoms with E-state index in [0.717, 1.165) is 12.8 Å². The Kier molecular flexibility index (Phi) is 4.62. The molecule has 0 radical (unpaired) electrons. The summed E-state index contributed by atoms with van der Waals surface area (Å²) < 4.78 is 15.1. The van der Waals surface area contributed by atoms with Crippen LogP contribution in [0.1, 0.15) is 49.1 Å². The van der Waals surface area contributed by atoms with Gasteiger partial charge < -0.3 is 10.6 Å². The second-order valence-electron chi connectivity index (χ2n) is 6.37. The highest BCUT2D eigenvalue weighted by Crippen LogP contribution is 2.22. The predicted molar refractivity (Wildman–Crippen MR) is 88.5 cm³/mol. The molecule has 2 heterocycles. The molecule has 1 saturated heterocycles. The fraction of sp³-hybridized carbons (Fsp3) is 0.471. The van der Waals surface area contributed by atoms with Crippen molar-refractivity contribution in [1.29, 1.82) is 0 Å². The third kappa shape index (κ3) is 3.03. The van der Waals surface area contributed by atoms with E-state index < -0.39 is 0 Å². The van der Waals surface area contributed by atoms with Crippen molar-refractivity contribution in [3.05, 3.63) is 41.7 Å². The zero-order valence-corrected chi connectivity index (χ0v) is 13.9. The Morgan fingerprint density at radius 2 is 2.25 bits per heavy atom. The number of halogens is 1. The van der Waals surface area contributed by atoms with Gasteiger partial charge in [-0.15, -0.1) is 5.10 Å². The Labute approximate surface area is 140 Å². The molecular weight excluding hydrogens is 309 g/mol. The highest BCUT2D eigenvalue weighted by atomic mass is 19.1. The molecule has 0 saturated carbocycles. The van der Waals surface area contributed by atoms with Gasteiger partial charge in [0.05, 0.1) is 5.69 Å². The number of amides is 1. The third-order valence-electron chi connectivity index (χ3n) is 4.30. The quantitative estimate of drug-likeness (QED) is 0.931. The van der Waals surface area contributed by atoms with E-state index in [1.807, 2.05) is 13.8 Å². The zero-order valence-electron chi connectivity index (χ0n) is 13.9. The summed E-state index contributed by atoms with van der Waals surface area (Å²) in [4.78, 5) is 18.9. The molecule has 1 fully saturated rings. The second kappa shape index (κ2) is 6.68. The maximum atomic E-state index is 13.5. The molecule has 1 unspecified atom stereocenters. The number of hydrogen-bond donors (Lipinski definition) is 1. The smallest absolute Gasteiger partial charge is 0.293 e. The van der Waals surface area contributed by atoms with E-state index in [4.69, 9.17) is 5.73 Å². The minimum atomic E-state index is -0.353.